The van der Waals surface area contributed by atoms with Crippen molar-refractivity contribution in [2.24, 2.45) is 0 Å². The Labute approximate surface area is 310 Å². The summed E-state index contributed by atoms with van der Waals surface area (Å²) in [6.07, 6.45) is 0. The summed E-state index contributed by atoms with van der Waals surface area (Å²) in [5.74, 6) is 1.97. The minimum atomic E-state index is -0.170. The first-order chi connectivity index (χ1) is 26.0. The van der Waals surface area contributed by atoms with Crippen molar-refractivity contribution in [3.05, 3.63) is 169 Å². The number of hydrogen-bond acceptors (Lipinski definition) is 4. The number of hydrogen-bond donors (Lipinski definition) is 0. The van der Waals surface area contributed by atoms with E-state index in [1.54, 1.807) is 11.3 Å². The van der Waals surface area contributed by atoms with Crippen LogP contribution < -0.4 is 0 Å². The van der Waals surface area contributed by atoms with Gasteiger partial charge in [0.2, 0.25) is 0 Å². The molecule has 0 fully saturated rings. The van der Waals surface area contributed by atoms with Gasteiger partial charge in [0, 0.05) is 58.7 Å². The molecule has 11 rings (SSSR count). The summed E-state index contributed by atoms with van der Waals surface area (Å²) in [7, 11) is 0. The largest absolute Gasteiger partial charge is 0.309 e. The molecular formula is C48H32N4S. The highest BCUT2D eigenvalue weighted by Gasteiger charge is 2.38. The van der Waals surface area contributed by atoms with Crippen molar-refractivity contribution in [3.63, 3.8) is 0 Å². The second kappa shape index (κ2) is 11.3. The van der Waals surface area contributed by atoms with E-state index in [1.165, 1.54) is 64.2 Å². The maximum atomic E-state index is 5.25. The van der Waals surface area contributed by atoms with Crippen molar-refractivity contribution in [1.82, 2.24) is 19.5 Å². The lowest BCUT2D eigenvalue weighted by Gasteiger charge is -2.23. The average Bonchev–Trinajstić information content (AvgIpc) is 3.84. The molecule has 0 saturated carbocycles. The van der Waals surface area contributed by atoms with Crippen molar-refractivity contribution in [2.75, 3.05) is 0 Å². The van der Waals surface area contributed by atoms with Gasteiger partial charge in [0.15, 0.2) is 17.5 Å². The molecule has 0 bridgehead atoms. The van der Waals surface area contributed by atoms with Gasteiger partial charge < -0.3 is 4.57 Å². The number of aromatic nitrogens is 4. The fourth-order valence-corrected chi connectivity index (χ4v) is 9.84. The van der Waals surface area contributed by atoms with Gasteiger partial charge in [0.25, 0.3) is 0 Å². The second-order valence-electron chi connectivity index (χ2n) is 14.4. The van der Waals surface area contributed by atoms with Crippen molar-refractivity contribution < 1.29 is 0 Å². The van der Waals surface area contributed by atoms with Crippen LogP contribution in [0.1, 0.15) is 25.0 Å². The Kier molecular flexibility index (Phi) is 6.43. The van der Waals surface area contributed by atoms with Crippen LogP contribution in [0, 0.1) is 0 Å². The van der Waals surface area contributed by atoms with Gasteiger partial charge >= 0.3 is 0 Å². The number of para-hydroxylation sites is 1. The van der Waals surface area contributed by atoms with Gasteiger partial charge in [-0.25, -0.2) is 15.0 Å². The molecule has 0 amide bonds. The maximum Gasteiger partial charge on any atom is 0.165 e. The van der Waals surface area contributed by atoms with E-state index in [-0.39, 0.29) is 5.41 Å². The smallest absolute Gasteiger partial charge is 0.165 e. The monoisotopic (exact) mass is 696 g/mol. The minimum Gasteiger partial charge on any atom is -0.309 e. The van der Waals surface area contributed by atoms with Crippen LogP contribution in [0.25, 0.3) is 93.0 Å². The van der Waals surface area contributed by atoms with Crippen molar-refractivity contribution in [3.8, 4) is 51.0 Å². The molecule has 1 aliphatic rings. The van der Waals surface area contributed by atoms with Crippen LogP contribution in [-0.2, 0) is 5.41 Å². The van der Waals surface area contributed by atoms with Crippen molar-refractivity contribution in [2.45, 2.75) is 19.3 Å². The summed E-state index contributed by atoms with van der Waals surface area (Å²) in [4.78, 5) is 15.5. The van der Waals surface area contributed by atoms with E-state index in [4.69, 9.17) is 15.0 Å². The molecule has 7 aromatic carbocycles. The fourth-order valence-electron chi connectivity index (χ4n) is 8.63. The lowest BCUT2D eigenvalue weighted by molar-refractivity contribution is 0.664. The molecule has 3 heterocycles. The SMILES string of the molecule is CC1(C)c2ccccc2-c2ccc3c4ccccc4n(-c4cccc(-c5nc(-c6ccccc6)nc(-c6cccc7c6sc6ccccc67)n5)c4)c3c21. The summed E-state index contributed by atoms with van der Waals surface area (Å²) in [5, 5.41) is 4.98. The highest BCUT2D eigenvalue weighted by Crippen LogP contribution is 2.53. The Bertz CT molecular complexity index is 3100. The summed E-state index contributed by atoms with van der Waals surface area (Å²) < 4.78 is 4.89. The first kappa shape index (κ1) is 30.2. The Morgan fingerprint density at radius 1 is 0.491 bits per heavy atom. The number of thiophene rings is 1. The molecule has 1 aliphatic carbocycles. The standard InChI is InChI=1S/C48H32N4S/c1-48(2)39-23-9-6-18-32(39)35-26-27-36-33-19-7-10-24-40(33)52(43(36)42(35)48)31-17-12-16-30(28-31)46-49-45(29-14-4-3-5-15-29)50-47(51-46)38-22-13-21-37-34-20-8-11-25-41(34)53-44(37)38/h3-28H,1-2H3. The second-order valence-corrected chi connectivity index (χ2v) is 15.5. The van der Waals surface area contributed by atoms with Gasteiger partial charge in [-0.05, 0) is 52.6 Å². The predicted octanol–water partition coefficient (Wildman–Crippen LogP) is 12.6. The third kappa shape index (κ3) is 4.44. The zero-order valence-electron chi connectivity index (χ0n) is 29.2. The normalized spacial score (nSPS) is 13.2. The number of rotatable bonds is 4. The van der Waals surface area contributed by atoms with E-state index in [0.717, 1.165) is 22.4 Å². The van der Waals surface area contributed by atoms with Gasteiger partial charge in [0.1, 0.15) is 0 Å². The van der Waals surface area contributed by atoms with Crippen LogP contribution in [0.15, 0.2) is 158 Å². The number of fused-ring (bicyclic) bond motifs is 10. The van der Waals surface area contributed by atoms with Crippen LogP contribution >= 0.6 is 11.3 Å². The summed E-state index contributed by atoms with van der Waals surface area (Å²) >= 11 is 1.79. The van der Waals surface area contributed by atoms with Crippen LogP contribution in [-0.4, -0.2) is 19.5 Å². The zero-order valence-corrected chi connectivity index (χ0v) is 30.0. The number of benzene rings is 7. The molecule has 5 heteroatoms. The topological polar surface area (TPSA) is 43.6 Å². The summed E-state index contributed by atoms with van der Waals surface area (Å²) in [6.45, 7) is 4.73. The summed E-state index contributed by atoms with van der Waals surface area (Å²) in [6, 6.07) is 56.3. The van der Waals surface area contributed by atoms with E-state index in [1.807, 2.05) is 18.2 Å². The predicted molar refractivity (Wildman–Crippen MR) is 221 cm³/mol. The van der Waals surface area contributed by atoms with E-state index < -0.39 is 0 Å². The molecule has 53 heavy (non-hydrogen) atoms. The van der Waals surface area contributed by atoms with Gasteiger partial charge in [-0.15, -0.1) is 11.3 Å². The van der Waals surface area contributed by atoms with Crippen molar-refractivity contribution >= 4 is 53.3 Å². The minimum absolute atomic E-state index is 0.170. The van der Waals surface area contributed by atoms with Crippen LogP contribution in [0.2, 0.25) is 0 Å². The van der Waals surface area contributed by atoms with Gasteiger partial charge in [-0.3, -0.25) is 0 Å². The highest BCUT2D eigenvalue weighted by molar-refractivity contribution is 7.26. The third-order valence-corrected chi connectivity index (χ3v) is 12.2. The molecule has 0 saturated heterocycles. The lowest BCUT2D eigenvalue weighted by atomic mass is 9.81. The third-order valence-electron chi connectivity index (χ3n) is 11.0. The van der Waals surface area contributed by atoms with E-state index in [0.29, 0.717) is 17.5 Å². The zero-order chi connectivity index (χ0) is 35.3. The Hall–Kier alpha value is -6.43. The Morgan fingerprint density at radius 2 is 1.15 bits per heavy atom. The molecule has 0 aliphatic heterocycles. The molecule has 10 aromatic rings. The molecule has 0 radical (unpaired) electrons. The van der Waals surface area contributed by atoms with Gasteiger partial charge in [-0.1, -0.05) is 141 Å². The maximum absolute atomic E-state index is 5.25. The van der Waals surface area contributed by atoms with Crippen LogP contribution in [0.4, 0.5) is 0 Å². The van der Waals surface area contributed by atoms with Gasteiger partial charge in [0.05, 0.1) is 11.0 Å². The van der Waals surface area contributed by atoms with Gasteiger partial charge in [-0.2, -0.15) is 0 Å². The summed E-state index contributed by atoms with van der Waals surface area (Å²) in [5.41, 5.74) is 11.6. The Balaban J connectivity index is 1.15. The fraction of sp³-hybridized carbons (Fsp3) is 0.0625. The van der Waals surface area contributed by atoms with Crippen LogP contribution in [0.5, 0.6) is 0 Å². The lowest BCUT2D eigenvalue weighted by Crippen LogP contribution is -2.16. The molecular weight excluding hydrogens is 665 g/mol. The van der Waals surface area contributed by atoms with Crippen LogP contribution in [0.3, 0.4) is 0 Å². The van der Waals surface area contributed by atoms with Crippen molar-refractivity contribution in [1.29, 1.82) is 0 Å². The quantitative estimate of drug-likeness (QED) is 0.184. The van der Waals surface area contributed by atoms with E-state index in [9.17, 15) is 0 Å². The molecule has 0 spiro atoms. The average molecular weight is 697 g/mol. The first-order valence-corrected chi connectivity index (χ1v) is 18.9. The molecule has 0 N–H and O–H groups in total. The molecule has 4 nitrogen and oxygen atoms in total. The molecule has 3 aromatic heterocycles. The number of nitrogens with zero attached hydrogens (tertiary/aromatic N) is 4. The van der Waals surface area contributed by atoms with E-state index in [2.05, 4.69) is 158 Å². The Morgan fingerprint density at radius 3 is 2.04 bits per heavy atom. The molecule has 0 atom stereocenters. The first-order valence-electron chi connectivity index (χ1n) is 18.0. The van der Waals surface area contributed by atoms with E-state index >= 15 is 0 Å². The highest BCUT2D eigenvalue weighted by atomic mass is 32.1. The molecule has 250 valence electrons. The molecule has 0 unspecified atom stereocenters.